The van der Waals surface area contributed by atoms with E-state index in [1.165, 1.54) is 34.6 Å². The van der Waals surface area contributed by atoms with Gasteiger partial charge in [0.2, 0.25) is 0 Å². The molecule has 0 aliphatic carbocycles. The molecule has 2 aromatic carbocycles. The predicted molar refractivity (Wildman–Crippen MR) is 122 cm³/mol. The number of halogens is 1. The number of aromatic nitrogens is 2. The number of hydrogen-bond donors (Lipinski definition) is 0. The van der Waals surface area contributed by atoms with Gasteiger partial charge in [0.15, 0.2) is 17.8 Å². The molecule has 33 heavy (non-hydrogen) atoms. The van der Waals surface area contributed by atoms with Crippen LogP contribution >= 0.6 is 11.3 Å². The summed E-state index contributed by atoms with van der Waals surface area (Å²) in [5.41, 5.74) is 1.58. The number of oxazole rings is 1. The second kappa shape index (κ2) is 9.91. The highest BCUT2D eigenvalue weighted by molar-refractivity contribution is 7.18. The van der Waals surface area contributed by atoms with Crippen LogP contribution in [0.5, 0.6) is 0 Å². The smallest absolute Gasteiger partial charge is 0.307 e. The van der Waals surface area contributed by atoms with Crippen molar-refractivity contribution in [1.29, 1.82) is 0 Å². The fourth-order valence-corrected chi connectivity index (χ4v) is 4.29. The summed E-state index contributed by atoms with van der Waals surface area (Å²) in [5, 5.41) is 0.812. The van der Waals surface area contributed by atoms with E-state index >= 15 is 0 Å². The zero-order valence-corrected chi connectivity index (χ0v) is 19.0. The van der Waals surface area contributed by atoms with E-state index in [1.54, 1.807) is 26.1 Å². The summed E-state index contributed by atoms with van der Waals surface area (Å²) in [6, 6.07) is 13.6. The number of amides is 1. The molecule has 170 valence electrons. The summed E-state index contributed by atoms with van der Waals surface area (Å²) < 4.78 is 25.0. The number of ether oxygens (including phenoxy) is 1. The first kappa shape index (κ1) is 22.6. The summed E-state index contributed by atoms with van der Waals surface area (Å²) >= 11 is 1.53. The van der Waals surface area contributed by atoms with E-state index in [0.717, 1.165) is 15.2 Å². The highest BCUT2D eigenvalue weighted by Gasteiger charge is 2.23. The first-order valence-electron chi connectivity index (χ1n) is 10.4. The van der Waals surface area contributed by atoms with Crippen LogP contribution in [0.2, 0.25) is 0 Å². The summed E-state index contributed by atoms with van der Waals surface area (Å²) in [4.78, 5) is 35.0. The Balaban J connectivity index is 1.26. The topological polar surface area (TPSA) is 85.5 Å². The second-order valence-corrected chi connectivity index (χ2v) is 8.64. The first-order valence-corrected chi connectivity index (χ1v) is 11.2. The van der Waals surface area contributed by atoms with Gasteiger partial charge in [0.25, 0.3) is 5.91 Å². The Morgan fingerprint density at radius 2 is 1.94 bits per heavy atom. The van der Waals surface area contributed by atoms with Crippen LogP contribution in [0, 0.1) is 5.82 Å². The van der Waals surface area contributed by atoms with Crippen molar-refractivity contribution in [1.82, 2.24) is 14.9 Å². The third-order valence-corrected chi connectivity index (χ3v) is 5.99. The highest BCUT2D eigenvalue weighted by Crippen LogP contribution is 2.23. The van der Waals surface area contributed by atoms with Crippen molar-refractivity contribution >= 4 is 33.4 Å². The molecule has 0 N–H and O–H groups in total. The lowest BCUT2D eigenvalue weighted by Crippen LogP contribution is -2.37. The van der Waals surface area contributed by atoms with Gasteiger partial charge in [0.1, 0.15) is 10.8 Å². The molecule has 0 radical (unpaired) electrons. The molecule has 0 aliphatic heterocycles. The third-order valence-electron chi connectivity index (χ3n) is 4.97. The summed E-state index contributed by atoms with van der Waals surface area (Å²) in [7, 11) is 1.66. The van der Waals surface area contributed by atoms with Crippen LogP contribution in [0.15, 0.2) is 59.1 Å². The van der Waals surface area contributed by atoms with E-state index in [2.05, 4.69) is 9.97 Å². The lowest BCUT2D eigenvalue weighted by atomic mass is 10.2. The Kier molecular flexibility index (Phi) is 6.79. The van der Waals surface area contributed by atoms with Crippen molar-refractivity contribution in [3.05, 3.63) is 71.4 Å². The number of carbonyl (C=O) groups excluding carboxylic acids is 2. The van der Waals surface area contributed by atoms with Crippen molar-refractivity contribution in [2.75, 3.05) is 7.05 Å². The molecule has 0 spiro atoms. The quantitative estimate of drug-likeness (QED) is 0.352. The van der Waals surface area contributed by atoms with Crippen molar-refractivity contribution in [3.8, 4) is 11.3 Å². The van der Waals surface area contributed by atoms with Gasteiger partial charge in [-0.05, 0) is 43.3 Å². The zero-order chi connectivity index (χ0) is 23.4. The number of likely N-dealkylation sites (N-methyl/N-ethyl adjacent to an activating group) is 1. The van der Waals surface area contributed by atoms with Crippen LogP contribution < -0.4 is 0 Å². The van der Waals surface area contributed by atoms with Gasteiger partial charge in [-0.25, -0.2) is 14.4 Å². The van der Waals surface area contributed by atoms with E-state index in [4.69, 9.17) is 9.15 Å². The van der Waals surface area contributed by atoms with Gasteiger partial charge in [-0.15, -0.1) is 11.3 Å². The monoisotopic (exact) mass is 467 g/mol. The van der Waals surface area contributed by atoms with Gasteiger partial charge in [0.05, 0.1) is 29.4 Å². The van der Waals surface area contributed by atoms with Crippen LogP contribution in [0.25, 0.3) is 21.5 Å². The average Bonchev–Trinajstić information content (AvgIpc) is 3.44. The van der Waals surface area contributed by atoms with Gasteiger partial charge in [-0.1, -0.05) is 12.1 Å². The van der Waals surface area contributed by atoms with Crippen molar-refractivity contribution in [2.45, 2.75) is 32.4 Å². The molecule has 0 saturated carbocycles. The molecular weight excluding hydrogens is 445 g/mol. The second-order valence-electron chi connectivity index (χ2n) is 7.53. The Bertz CT molecular complexity index is 1240. The van der Waals surface area contributed by atoms with Crippen molar-refractivity contribution in [3.63, 3.8) is 0 Å². The third kappa shape index (κ3) is 5.61. The molecule has 0 saturated heterocycles. The van der Waals surface area contributed by atoms with Crippen molar-refractivity contribution in [2.24, 2.45) is 0 Å². The molecule has 0 fully saturated rings. The number of thiazole rings is 1. The molecule has 2 heterocycles. The number of para-hydroxylation sites is 1. The maximum absolute atomic E-state index is 13.1. The van der Waals surface area contributed by atoms with Crippen LogP contribution in [-0.4, -0.2) is 39.9 Å². The van der Waals surface area contributed by atoms with Crippen molar-refractivity contribution < 1.29 is 23.1 Å². The Morgan fingerprint density at radius 1 is 1.18 bits per heavy atom. The zero-order valence-electron chi connectivity index (χ0n) is 18.2. The van der Waals surface area contributed by atoms with Gasteiger partial charge >= 0.3 is 5.97 Å². The standard InChI is InChI=1S/C24H22FN3O4S/c1-15(24(30)28(2)14-22-27-18-5-3-4-6-20(18)33-22)31-23(29)12-11-21-26-13-19(32-21)16-7-9-17(25)10-8-16/h3-10,13,15H,11-12,14H2,1-2H3. The van der Waals surface area contributed by atoms with Gasteiger partial charge in [0, 0.05) is 19.0 Å². The molecule has 1 unspecified atom stereocenters. The molecular formula is C24H22FN3O4S. The van der Waals surface area contributed by atoms with Crippen LogP contribution in [-0.2, 0) is 27.3 Å². The average molecular weight is 468 g/mol. The molecule has 4 aromatic rings. The lowest BCUT2D eigenvalue weighted by Gasteiger charge is -2.20. The molecule has 9 heteroatoms. The van der Waals surface area contributed by atoms with E-state index in [-0.39, 0.29) is 24.6 Å². The number of carbonyl (C=O) groups is 2. The summed E-state index contributed by atoms with van der Waals surface area (Å²) in [6.45, 7) is 1.88. The SMILES string of the molecule is CC(OC(=O)CCc1ncc(-c2ccc(F)cc2)o1)C(=O)N(C)Cc1nc2ccccc2s1. The molecule has 4 rings (SSSR count). The minimum absolute atomic E-state index is 0.0164. The maximum Gasteiger partial charge on any atom is 0.307 e. The molecule has 0 bridgehead atoms. The number of benzene rings is 2. The minimum atomic E-state index is -0.920. The molecule has 7 nitrogen and oxygen atoms in total. The number of hydrogen-bond acceptors (Lipinski definition) is 7. The summed E-state index contributed by atoms with van der Waals surface area (Å²) in [5.74, 6) is -0.324. The maximum atomic E-state index is 13.1. The van der Waals surface area contributed by atoms with E-state index in [9.17, 15) is 14.0 Å². The van der Waals surface area contributed by atoms with Gasteiger partial charge in [-0.2, -0.15) is 0 Å². The van der Waals surface area contributed by atoms with E-state index in [0.29, 0.717) is 23.8 Å². The largest absolute Gasteiger partial charge is 0.453 e. The first-order chi connectivity index (χ1) is 15.9. The molecule has 0 aliphatic rings. The fourth-order valence-electron chi connectivity index (χ4n) is 3.27. The minimum Gasteiger partial charge on any atom is -0.453 e. The fraction of sp³-hybridized carbons (Fsp3) is 0.250. The summed E-state index contributed by atoms with van der Waals surface area (Å²) in [6.07, 6.45) is 0.846. The normalized spacial score (nSPS) is 12.0. The number of nitrogens with zero attached hydrogens (tertiary/aromatic N) is 3. The van der Waals surface area contributed by atoms with Crippen LogP contribution in [0.3, 0.4) is 0 Å². The molecule has 1 amide bonds. The van der Waals surface area contributed by atoms with Gasteiger partial charge < -0.3 is 14.1 Å². The Labute approximate surface area is 193 Å². The molecule has 2 aromatic heterocycles. The predicted octanol–water partition coefficient (Wildman–Crippen LogP) is 4.61. The number of rotatable bonds is 8. The lowest BCUT2D eigenvalue weighted by molar-refractivity contribution is -0.158. The van der Waals surface area contributed by atoms with E-state index in [1.807, 2.05) is 24.3 Å². The van der Waals surface area contributed by atoms with Crippen LogP contribution in [0.4, 0.5) is 4.39 Å². The van der Waals surface area contributed by atoms with Gasteiger partial charge in [-0.3, -0.25) is 9.59 Å². The highest BCUT2D eigenvalue weighted by atomic mass is 32.1. The molecule has 1 atom stereocenters. The number of esters is 1. The van der Waals surface area contributed by atoms with E-state index < -0.39 is 12.1 Å². The number of aryl methyl sites for hydroxylation is 1. The van der Waals surface area contributed by atoms with Crippen LogP contribution in [0.1, 0.15) is 24.2 Å². The Morgan fingerprint density at radius 3 is 2.70 bits per heavy atom. The number of fused-ring (bicyclic) bond motifs is 1. The Hall–Kier alpha value is -3.59.